The monoisotopic (exact) mass is 383 g/mol. The van der Waals surface area contributed by atoms with Crippen molar-refractivity contribution in [2.75, 3.05) is 24.2 Å². The molecular weight excluding hydrogens is 367 g/mol. The lowest BCUT2D eigenvalue weighted by Gasteiger charge is -2.25. The number of halogens is 4. The van der Waals surface area contributed by atoms with Crippen molar-refractivity contribution < 1.29 is 18.0 Å². The molecule has 0 aromatic heterocycles. The summed E-state index contributed by atoms with van der Waals surface area (Å²) in [5, 5.41) is 5.03. The second-order valence-corrected chi connectivity index (χ2v) is 6.65. The van der Waals surface area contributed by atoms with E-state index in [1.807, 2.05) is 19.2 Å². The summed E-state index contributed by atoms with van der Waals surface area (Å²) in [7, 11) is 2.02. The Balaban J connectivity index is 1.73. The number of alkyl halides is 3. The molecule has 8 heteroatoms. The Morgan fingerprint density at radius 3 is 2.62 bits per heavy atom. The first-order valence-electron chi connectivity index (χ1n) is 7.97. The van der Waals surface area contributed by atoms with Crippen LogP contribution in [0.25, 0.3) is 0 Å². The van der Waals surface area contributed by atoms with Gasteiger partial charge in [0.2, 0.25) is 0 Å². The van der Waals surface area contributed by atoms with Crippen LogP contribution in [0, 0.1) is 0 Å². The normalized spacial score (nSPS) is 14.7. The van der Waals surface area contributed by atoms with E-state index in [0.29, 0.717) is 5.69 Å². The SMILES string of the molecule is CN1CCc2ccc(NC(=O)Nc3cc(C(F)(F)F)ccc3Cl)cc2C1. The van der Waals surface area contributed by atoms with Crippen LogP contribution >= 0.6 is 11.6 Å². The van der Waals surface area contributed by atoms with Crippen LogP contribution in [0.1, 0.15) is 16.7 Å². The van der Waals surface area contributed by atoms with Crippen LogP contribution in [0.5, 0.6) is 0 Å². The van der Waals surface area contributed by atoms with Crippen LogP contribution in [0.2, 0.25) is 5.02 Å². The van der Waals surface area contributed by atoms with Crippen LogP contribution in [0.3, 0.4) is 0 Å². The number of nitrogens with zero attached hydrogens (tertiary/aromatic N) is 1. The molecule has 0 radical (unpaired) electrons. The van der Waals surface area contributed by atoms with Crippen molar-refractivity contribution in [2.24, 2.45) is 0 Å². The van der Waals surface area contributed by atoms with Crippen molar-refractivity contribution >= 4 is 29.0 Å². The van der Waals surface area contributed by atoms with E-state index in [9.17, 15) is 18.0 Å². The van der Waals surface area contributed by atoms with Gasteiger partial charge in [-0.3, -0.25) is 0 Å². The smallest absolute Gasteiger partial charge is 0.308 e. The summed E-state index contributed by atoms with van der Waals surface area (Å²) in [6, 6.07) is 7.73. The van der Waals surface area contributed by atoms with Crippen LogP contribution in [-0.2, 0) is 19.1 Å². The number of nitrogens with one attached hydrogen (secondary N) is 2. The van der Waals surface area contributed by atoms with Crippen molar-refractivity contribution in [1.29, 1.82) is 0 Å². The molecule has 0 saturated heterocycles. The highest BCUT2D eigenvalue weighted by atomic mass is 35.5. The molecule has 0 aliphatic carbocycles. The molecule has 0 atom stereocenters. The molecule has 0 bridgehead atoms. The number of amides is 2. The molecule has 2 amide bonds. The van der Waals surface area contributed by atoms with Gasteiger partial charge in [0.25, 0.3) is 0 Å². The van der Waals surface area contributed by atoms with E-state index in [2.05, 4.69) is 15.5 Å². The number of fused-ring (bicyclic) bond motifs is 1. The third-order valence-electron chi connectivity index (χ3n) is 4.21. The molecule has 4 nitrogen and oxygen atoms in total. The van der Waals surface area contributed by atoms with Gasteiger partial charge < -0.3 is 15.5 Å². The highest BCUT2D eigenvalue weighted by Crippen LogP contribution is 2.34. The summed E-state index contributed by atoms with van der Waals surface area (Å²) < 4.78 is 38.4. The average Bonchev–Trinajstić information content (AvgIpc) is 2.55. The molecule has 0 fully saturated rings. The zero-order valence-electron chi connectivity index (χ0n) is 14.0. The van der Waals surface area contributed by atoms with Gasteiger partial charge in [0.1, 0.15) is 0 Å². The lowest BCUT2D eigenvalue weighted by atomic mass is 9.99. The quantitative estimate of drug-likeness (QED) is 0.767. The maximum absolute atomic E-state index is 12.8. The molecule has 3 rings (SSSR count). The minimum atomic E-state index is -4.51. The number of hydrogen-bond donors (Lipinski definition) is 2. The Kier molecular flexibility index (Phi) is 5.11. The second kappa shape index (κ2) is 7.17. The van der Waals surface area contributed by atoms with Gasteiger partial charge >= 0.3 is 12.2 Å². The van der Waals surface area contributed by atoms with Crippen LogP contribution in [0.4, 0.5) is 29.3 Å². The van der Waals surface area contributed by atoms with Gasteiger partial charge in [-0.25, -0.2) is 4.79 Å². The first kappa shape index (κ1) is 18.5. The number of rotatable bonds is 2. The largest absolute Gasteiger partial charge is 0.416 e. The molecule has 1 aliphatic heterocycles. The average molecular weight is 384 g/mol. The fraction of sp³-hybridized carbons (Fsp3) is 0.278. The van der Waals surface area contributed by atoms with Gasteiger partial charge in [0.15, 0.2) is 0 Å². The first-order chi connectivity index (χ1) is 12.2. The molecule has 0 spiro atoms. The molecule has 1 aliphatic rings. The van der Waals surface area contributed by atoms with Crippen molar-refractivity contribution in [3.05, 3.63) is 58.1 Å². The van der Waals surface area contributed by atoms with Crippen LogP contribution in [0.15, 0.2) is 36.4 Å². The standard InChI is InChI=1S/C18H17ClF3N3O/c1-25-7-6-11-2-4-14(8-12(11)10-25)23-17(26)24-16-9-13(18(20,21)22)3-5-15(16)19/h2-5,8-9H,6-7,10H2,1H3,(H2,23,24,26). The summed E-state index contributed by atoms with van der Waals surface area (Å²) in [5.74, 6) is 0. The third-order valence-corrected chi connectivity index (χ3v) is 4.54. The Morgan fingerprint density at radius 2 is 1.88 bits per heavy atom. The molecule has 1 heterocycles. The number of hydrogen-bond acceptors (Lipinski definition) is 2. The van der Waals surface area contributed by atoms with Gasteiger partial charge in [-0.2, -0.15) is 13.2 Å². The van der Waals surface area contributed by atoms with Gasteiger partial charge in [-0.05, 0) is 54.9 Å². The van der Waals surface area contributed by atoms with E-state index in [1.165, 1.54) is 5.56 Å². The van der Waals surface area contributed by atoms with Gasteiger partial charge in [0.05, 0.1) is 16.3 Å². The van der Waals surface area contributed by atoms with E-state index < -0.39 is 17.8 Å². The fourth-order valence-electron chi connectivity index (χ4n) is 2.86. The number of likely N-dealkylation sites (N-methyl/N-ethyl adjacent to an activating group) is 1. The Labute approximate surface area is 153 Å². The summed E-state index contributed by atoms with van der Waals surface area (Å²) in [5.41, 5.74) is 1.94. The van der Waals surface area contributed by atoms with Crippen molar-refractivity contribution in [3.63, 3.8) is 0 Å². The van der Waals surface area contributed by atoms with Crippen molar-refractivity contribution in [2.45, 2.75) is 19.1 Å². The number of carbonyl (C=O) groups excluding carboxylic acids is 1. The third kappa shape index (κ3) is 4.28. The van der Waals surface area contributed by atoms with Gasteiger partial charge in [-0.15, -0.1) is 0 Å². The molecule has 138 valence electrons. The zero-order chi connectivity index (χ0) is 18.9. The van der Waals surface area contributed by atoms with E-state index in [1.54, 1.807) is 6.07 Å². The predicted molar refractivity (Wildman–Crippen MR) is 95.6 cm³/mol. The maximum atomic E-state index is 12.8. The Bertz CT molecular complexity index is 839. The molecule has 2 aromatic rings. The minimum Gasteiger partial charge on any atom is -0.308 e. The van der Waals surface area contributed by atoms with Crippen LogP contribution < -0.4 is 10.6 Å². The van der Waals surface area contributed by atoms with Gasteiger partial charge in [0, 0.05) is 18.8 Å². The van der Waals surface area contributed by atoms with Crippen LogP contribution in [-0.4, -0.2) is 24.5 Å². The van der Waals surface area contributed by atoms with Crippen molar-refractivity contribution in [1.82, 2.24) is 4.90 Å². The summed E-state index contributed by atoms with van der Waals surface area (Å²) in [6.07, 6.45) is -3.57. The van der Waals surface area contributed by atoms with E-state index in [4.69, 9.17) is 11.6 Å². The molecule has 26 heavy (non-hydrogen) atoms. The summed E-state index contributed by atoms with van der Waals surface area (Å²) in [4.78, 5) is 14.3. The summed E-state index contributed by atoms with van der Waals surface area (Å²) in [6.45, 7) is 1.76. The maximum Gasteiger partial charge on any atom is 0.416 e. The predicted octanol–water partition coefficient (Wildman–Crippen LogP) is 4.99. The lowest BCUT2D eigenvalue weighted by Crippen LogP contribution is -2.27. The molecule has 0 saturated carbocycles. The zero-order valence-corrected chi connectivity index (χ0v) is 14.7. The summed E-state index contributed by atoms with van der Waals surface area (Å²) >= 11 is 5.89. The molecular formula is C18H17ClF3N3O. The highest BCUT2D eigenvalue weighted by Gasteiger charge is 2.31. The Hall–Kier alpha value is -2.25. The number of carbonyl (C=O) groups is 1. The van der Waals surface area contributed by atoms with Crippen molar-refractivity contribution in [3.8, 4) is 0 Å². The van der Waals surface area contributed by atoms with E-state index >= 15 is 0 Å². The first-order valence-corrected chi connectivity index (χ1v) is 8.35. The van der Waals surface area contributed by atoms with E-state index in [0.717, 1.165) is 43.3 Å². The number of anilines is 2. The number of benzene rings is 2. The minimum absolute atomic E-state index is 0.0280. The highest BCUT2D eigenvalue weighted by molar-refractivity contribution is 6.33. The van der Waals surface area contributed by atoms with E-state index in [-0.39, 0.29) is 10.7 Å². The number of urea groups is 1. The lowest BCUT2D eigenvalue weighted by molar-refractivity contribution is -0.137. The molecule has 0 unspecified atom stereocenters. The molecule has 2 aromatic carbocycles. The van der Waals surface area contributed by atoms with Gasteiger partial charge in [-0.1, -0.05) is 17.7 Å². The molecule has 2 N–H and O–H groups in total. The second-order valence-electron chi connectivity index (χ2n) is 6.24. The Morgan fingerprint density at radius 1 is 1.12 bits per heavy atom. The fourth-order valence-corrected chi connectivity index (χ4v) is 3.02. The topological polar surface area (TPSA) is 44.4 Å².